The fourth-order valence-corrected chi connectivity index (χ4v) is 4.86. The van der Waals surface area contributed by atoms with E-state index in [0.717, 1.165) is 0 Å². The van der Waals surface area contributed by atoms with Gasteiger partial charge in [-0.3, -0.25) is 23.3 Å². The Hall–Kier alpha value is -3.86. The molecule has 0 saturated heterocycles. The molecule has 0 bridgehead atoms. The first-order valence-corrected chi connectivity index (χ1v) is 11.7. The second-order valence-electron chi connectivity index (χ2n) is 7.91. The highest BCUT2D eigenvalue weighted by molar-refractivity contribution is 7.99. The Morgan fingerprint density at radius 1 is 1.00 bits per heavy atom. The Bertz CT molecular complexity index is 1680. The molecular weight excluding hydrogens is 456 g/mol. The van der Waals surface area contributed by atoms with Crippen LogP contribution in [0.15, 0.2) is 72.9 Å². The molecule has 0 aliphatic rings. The fraction of sp³-hybridized carbons (Fsp3) is 0.261. The van der Waals surface area contributed by atoms with Gasteiger partial charge in [0.25, 0.3) is 11.1 Å². The van der Waals surface area contributed by atoms with Crippen molar-refractivity contribution in [3.05, 3.63) is 85.9 Å². The number of aromatic nitrogens is 6. The lowest BCUT2D eigenvalue weighted by atomic mass is 10.2. The van der Waals surface area contributed by atoms with Crippen LogP contribution in [-0.4, -0.2) is 34.0 Å². The van der Waals surface area contributed by atoms with Crippen LogP contribution in [0.4, 0.5) is 0 Å². The number of fused-ring (bicyclic) bond motifs is 2. The molecule has 0 unspecified atom stereocenters. The van der Waals surface area contributed by atoms with Gasteiger partial charge in [-0.1, -0.05) is 23.9 Å². The minimum atomic E-state index is -0.403. The summed E-state index contributed by atoms with van der Waals surface area (Å²) in [7, 11) is 3.33. The normalized spacial score (nSPS) is 11.6. The predicted molar refractivity (Wildman–Crippen MR) is 129 cm³/mol. The lowest BCUT2D eigenvalue weighted by molar-refractivity contribution is 0.476. The Morgan fingerprint density at radius 3 is 2.62 bits per heavy atom. The van der Waals surface area contributed by atoms with Gasteiger partial charge in [0.15, 0.2) is 16.3 Å². The third-order valence-corrected chi connectivity index (χ3v) is 6.74. The second kappa shape index (κ2) is 8.82. The monoisotopic (exact) mass is 478 g/mol. The third kappa shape index (κ3) is 3.77. The average Bonchev–Trinajstić information content (AvgIpc) is 3.49. The minimum Gasteiger partial charge on any atom is -0.467 e. The van der Waals surface area contributed by atoms with Crippen LogP contribution in [0.25, 0.3) is 22.1 Å². The molecule has 0 saturated carbocycles. The number of furan rings is 1. The van der Waals surface area contributed by atoms with Crippen molar-refractivity contribution in [1.82, 2.24) is 28.2 Å². The van der Waals surface area contributed by atoms with Crippen molar-refractivity contribution in [2.24, 2.45) is 14.1 Å². The molecular formula is C23H22N6O4S. The molecule has 0 atom stereocenters. The second-order valence-corrected chi connectivity index (χ2v) is 8.97. The Kier molecular flexibility index (Phi) is 5.70. The van der Waals surface area contributed by atoms with Crippen molar-refractivity contribution < 1.29 is 4.42 Å². The minimum absolute atomic E-state index is 0.142. The molecule has 4 aromatic heterocycles. The van der Waals surface area contributed by atoms with E-state index in [0.29, 0.717) is 45.2 Å². The summed E-state index contributed by atoms with van der Waals surface area (Å²) in [6.45, 7) is 0.513. The van der Waals surface area contributed by atoms with Gasteiger partial charge >= 0.3 is 5.69 Å². The summed E-state index contributed by atoms with van der Waals surface area (Å²) in [5.74, 6) is 1.21. The standard InChI is InChI=1S/C23H22N6O4S/c1-26-14-24-19-18(26)21(31)28(23(32)27(19)2)10-6-12-34-22-25-17-9-4-3-8-16(17)20(30)29(22)13-15-7-5-11-33-15/h3-5,7-9,11,14H,6,10,12-13H2,1-2H3. The number of imidazole rings is 1. The van der Waals surface area contributed by atoms with Gasteiger partial charge in [0.2, 0.25) is 0 Å². The number of thioether (sulfide) groups is 1. The van der Waals surface area contributed by atoms with E-state index >= 15 is 0 Å². The summed E-state index contributed by atoms with van der Waals surface area (Å²) < 4.78 is 11.3. The summed E-state index contributed by atoms with van der Waals surface area (Å²) in [6, 6.07) is 10.8. The SMILES string of the molecule is Cn1cnc2c1c(=O)n(CCCSc1nc3ccccc3c(=O)n1Cc1ccco1)c(=O)n2C. The molecule has 5 aromatic rings. The molecule has 10 nitrogen and oxygen atoms in total. The summed E-state index contributed by atoms with van der Waals surface area (Å²) in [5.41, 5.74) is 0.471. The number of para-hydroxylation sites is 1. The lowest BCUT2D eigenvalue weighted by Crippen LogP contribution is -2.39. The Morgan fingerprint density at radius 2 is 1.82 bits per heavy atom. The molecule has 0 N–H and O–H groups in total. The van der Waals surface area contributed by atoms with Gasteiger partial charge < -0.3 is 8.98 Å². The molecule has 11 heteroatoms. The van der Waals surface area contributed by atoms with Gasteiger partial charge in [0, 0.05) is 26.4 Å². The van der Waals surface area contributed by atoms with Crippen molar-refractivity contribution in [3.8, 4) is 0 Å². The predicted octanol–water partition coefficient (Wildman–Crippen LogP) is 1.97. The summed E-state index contributed by atoms with van der Waals surface area (Å²) >= 11 is 1.41. The summed E-state index contributed by atoms with van der Waals surface area (Å²) in [6.07, 6.45) is 3.63. The molecule has 0 amide bonds. The van der Waals surface area contributed by atoms with Crippen LogP contribution >= 0.6 is 11.8 Å². The van der Waals surface area contributed by atoms with Gasteiger partial charge in [-0.05, 0) is 30.7 Å². The topological polar surface area (TPSA) is 110 Å². The first-order valence-electron chi connectivity index (χ1n) is 10.7. The first kappa shape index (κ1) is 22.0. The number of hydrogen-bond donors (Lipinski definition) is 0. The number of hydrogen-bond acceptors (Lipinski definition) is 7. The lowest BCUT2D eigenvalue weighted by Gasteiger charge is -2.12. The van der Waals surface area contributed by atoms with Crippen LogP contribution in [0.5, 0.6) is 0 Å². The van der Waals surface area contributed by atoms with Crippen molar-refractivity contribution in [2.75, 3.05) is 5.75 Å². The van der Waals surface area contributed by atoms with E-state index in [1.54, 1.807) is 41.6 Å². The number of rotatable bonds is 7. The molecule has 0 fully saturated rings. The van der Waals surface area contributed by atoms with E-state index in [-0.39, 0.29) is 24.2 Å². The van der Waals surface area contributed by atoms with Crippen molar-refractivity contribution in [2.45, 2.75) is 24.7 Å². The smallest absolute Gasteiger partial charge is 0.332 e. The number of benzene rings is 1. The average molecular weight is 479 g/mol. The fourth-order valence-electron chi connectivity index (χ4n) is 3.94. The van der Waals surface area contributed by atoms with E-state index in [4.69, 9.17) is 9.40 Å². The molecule has 4 heterocycles. The summed E-state index contributed by atoms with van der Waals surface area (Å²) in [4.78, 5) is 47.6. The third-order valence-electron chi connectivity index (χ3n) is 5.68. The largest absolute Gasteiger partial charge is 0.467 e. The molecule has 0 aliphatic heterocycles. The highest BCUT2D eigenvalue weighted by Crippen LogP contribution is 2.20. The first-order chi connectivity index (χ1) is 16.5. The molecule has 0 spiro atoms. The highest BCUT2D eigenvalue weighted by Gasteiger charge is 2.16. The number of aryl methyl sites for hydroxylation is 2. The zero-order valence-electron chi connectivity index (χ0n) is 18.7. The van der Waals surface area contributed by atoms with E-state index in [9.17, 15) is 14.4 Å². The zero-order valence-corrected chi connectivity index (χ0v) is 19.5. The van der Waals surface area contributed by atoms with Crippen molar-refractivity contribution in [3.63, 3.8) is 0 Å². The maximum atomic E-state index is 13.2. The van der Waals surface area contributed by atoms with Crippen LogP contribution in [-0.2, 0) is 27.2 Å². The van der Waals surface area contributed by atoms with E-state index in [1.807, 2.05) is 24.3 Å². The van der Waals surface area contributed by atoms with Crippen LogP contribution in [0.1, 0.15) is 12.2 Å². The molecule has 0 aliphatic carbocycles. The number of nitrogens with zero attached hydrogens (tertiary/aromatic N) is 6. The van der Waals surface area contributed by atoms with Crippen molar-refractivity contribution in [1.29, 1.82) is 0 Å². The van der Waals surface area contributed by atoms with E-state index < -0.39 is 5.69 Å². The highest BCUT2D eigenvalue weighted by atomic mass is 32.2. The van der Waals surface area contributed by atoms with E-state index in [2.05, 4.69) is 4.98 Å². The van der Waals surface area contributed by atoms with Gasteiger partial charge in [0.05, 0.1) is 30.0 Å². The molecule has 174 valence electrons. The molecule has 34 heavy (non-hydrogen) atoms. The van der Waals surface area contributed by atoms with Gasteiger partial charge in [-0.15, -0.1) is 0 Å². The maximum Gasteiger partial charge on any atom is 0.332 e. The molecule has 0 radical (unpaired) electrons. The van der Waals surface area contributed by atoms with Crippen LogP contribution in [0.3, 0.4) is 0 Å². The zero-order chi connectivity index (χ0) is 23.8. The van der Waals surface area contributed by atoms with Crippen LogP contribution in [0.2, 0.25) is 0 Å². The quantitative estimate of drug-likeness (QED) is 0.200. The van der Waals surface area contributed by atoms with Gasteiger partial charge in [0.1, 0.15) is 5.76 Å². The van der Waals surface area contributed by atoms with Gasteiger partial charge in [-0.2, -0.15) is 0 Å². The van der Waals surface area contributed by atoms with Crippen LogP contribution in [0, 0.1) is 0 Å². The molecule has 5 rings (SSSR count). The molecule has 1 aromatic carbocycles. The Labute approximate surface area is 197 Å². The van der Waals surface area contributed by atoms with Crippen LogP contribution < -0.4 is 16.8 Å². The summed E-state index contributed by atoms with van der Waals surface area (Å²) in [5, 5.41) is 1.10. The van der Waals surface area contributed by atoms with E-state index in [1.165, 1.54) is 27.2 Å². The van der Waals surface area contributed by atoms with Crippen molar-refractivity contribution >= 4 is 33.8 Å². The van der Waals surface area contributed by atoms with Gasteiger partial charge in [-0.25, -0.2) is 14.8 Å². The Balaban J connectivity index is 1.41. The maximum absolute atomic E-state index is 13.2.